The van der Waals surface area contributed by atoms with E-state index in [1.54, 1.807) is 11.3 Å². The topological polar surface area (TPSA) is 40.5 Å². The summed E-state index contributed by atoms with van der Waals surface area (Å²) in [4.78, 5) is 15.1. The van der Waals surface area contributed by atoms with Crippen molar-refractivity contribution in [1.29, 1.82) is 0 Å². The average molecular weight is 306 g/mol. The number of hydrogen-bond donors (Lipinski definition) is 1. The van der Waals surface area contributed by atoms with Gasteiger partial charge in [-0.25, -0.2) is 0 Å². The highest BCUT2D eigenvalue weighted by Gasteiger charge is 2.12. The highest BCUT2D eigenvalue weighted by atomic mass is 79.9. The van der Waals surface area contributed by atoms with E-state index >= 15 is 0 Å². The van der Waals surface area contributed by atoms with E-state index in [0.29, 0.717) is 6.54 Å². The third-order valence-corrected chi connectivity index (χ3v) is 4.15. The van der Waals surface area contributed by atoms with Gasteiger partial charge < -0.3 is 5.11 Å². The minimum Gasteiger partial charge on any atom is -0.480 e. The van der Waals surface area contributed by atoms with Crippen LogP contribution in [0.5, 0.6) is 0 Å². The second-order valence-electron chi connectivity index (χ2n) is 3.73. The van der Waals surface area contributed by atoms with Gasteiger partial charge in [0.1, 0.15) is 0 Å². The van der Waals surface area contributed by atoms with Crippen molar-refractivity contribution < 1.29 is 9.90 Å². The maximum Gasteiger partial charge on any atom is 0.317 e. The van der Waals surface area contributed by atoms with Gasteiger partial charge >= 0.3 is 5.97 Å². The van der Waals surface area contributed by atoms with Crippen LogP contribution in [0.3, 0.4) is 0 Å². The summed E-state index contributed by atoms with van der Waals surface area (Å²) in [6.07, 6.45) is 0.968. The van der Waals surface area contributed by atoms with E-state index in [1.807, 2.05) is 4.90 Å². The first kappa shape index (κ1) is 13.7. The van der Waals surface area contributed by atoms with Crippen molar-refractivity contribution >= 4 is 33.2 Å². The molecule has 1 rings (SSSR count). The van der Waals surface area contributed by atoms with Gasteiger partial charge in [0, 0.05) is 20.8 Å². The number of carboxylic acid groups (broad SMARTS) is 1. The molecule has 0 aromatic carbocycles. The Morgan fingerprint density at radius 3 is 2.75 bits per heavy atom. The Bertz CT molecular complexity index is 365. The predicted octanol–water partition coefficient (Wildman–Crippen LogP) is 3.12. The van der Waals surface area contributed by atoms with Crippen molar-refractivity contribution in [3.8, 4) is 0 Å². The zero-order valence-corrected chi connectivity index (χ0v) is 11.9. The van der Waals surface area contributed by atoms with Crippen LogP contribution in [0.4, 0.5) is 0 Å². The Morgan fingerprint density at radius 2 is 2.31 bits per heavy atom. The van der Waals surface area contributed by atoms with E-state index < -0.39 is 5.97 Å². The molecule has 0 fully saturated rings. The van der Waals surface area contributed by atoms with E-state index in [2.05, 4.69) is 35.8 Å². The first-order chi connectivity index (χ1) is 7.52. The first-order valence-electron chi connectivity index (χ1n) is 5.22. The van der Waals surface area contributed by atoms with Gasteiger partial charge in [-0.15, -0.1) is 11.3 Å². The Morgan fingerprint density at radius 1 is 1.62 bits per heavy atom. The van der Waals surface area contributed by atoms with Crippen LogP contribution in [-0.4, -0.2) is 29.1 Å². The molecule has 16 heavy (non-hydrogen) atoms. The van der Waals surface area contributed by atoms with Gasteiger partial charge in [-0.05, 0) is 41.9 Å². The summed E-state index contributed by atoms with van der Waals surface area (Å²) in [5, 5.41) is 8.81. The number of halogens is 1. The van der Waals surface area contributed by atoms with Crippen LogP contribution in [0, 0.1) is 6.92 Å². The number of rotatable bonds is 6. The largest absolute Gasteiger partial charge is 0.480 e. The standard InChI is InChI=1S/C11H16BrNO2S/c1-3-4-13(7-11(14)15)6-10-9(12)5-8(2)16-10/h5H,3-4,6-7H2,1-2H3,(H,14,15). The SMILES string of the molecule is CCCN(CC(=O)O)Cc1sc(C)cc1Br. The van der Waals surface area contributed by atoms with Crippen LogP contribution in [-0.2, 0) is 11.3 Å². The lowest BCUT2D eigenvalue weighted by molar-refractivity contribution is -0.138. The van der Waals surface area contributed by atoms with Gasteiger partial charge in [0.2, 0.25) is 0 Å². The van der Waals surface area contributed by atoms with E-state index in [0.717, 1.165) is 17.4 Å². The van der Waals surface area contributed by atoms with Crippen LogP contribution >= 0.6 is 27.3 Å². The fourth-order valence-corrected chi connectivity index (χ4v) is 3.40. The van der Waals surface area contributed by atoms with E-state index in [-0.39, 0.29) is 6.54 Å². The molecule has 1 aromatic rings. The molecule has 3 nitrogen and oxygen atoms in total. The van der Waals surface area contributed by atoms with E-state index in [9.17, 15) is 4.79 Å². The third-order valence-electron chi connectivity index (χ3n) is 2.15. The third kappa shape index (κ3) is 4.23. The molecule has 0 spiro atoms. The highest BCUT2D eigenvalue weighted by molar-refractivity contribution is 9.10. The van der Waals surface area contributed by atoms with Crippen LogP contribution in [0.25, 0.3) is 0 Å². The number of nitrogens with zero attached hydrogens (tertiary/aromatic N) is 1. The molecule has 0 aliphatic heterocycles. The minimum atomic E-state index is -0.766. The van der Waals surface area contributed by atoms with Crippen molar-refractivity contribution in [3.05, 3.63) is 20.3 Å². The number of carbonyl (C=O) groups is 1. The second-order valence-corrected chi connectivity index (χ2v) is 5.93. The minimum absolute atomic E-state index is 0.108. The monoisotopic (exact) mass is 305 g/mol. The van der Waals surface area contributed by atoms with Crippen molar-refractivity contribution in [2.24, 2.45) is 0 Å². The summed E-state index contributed by atoms with van der Waals surface area (Å²) >= 11 is 5.21. The molecule has 5 heteroatoms. The quantitative estimate of drug-likeness (QED) is 0.878. The van der Waals surface area contributed by atoms with Crippen LogP contribution < -0.4 is 0 Å². The Labute approximate surface area is 108 Å². The molecule has 1 heterocycles. The number of aryl methyl sites for hydroxylation is 1. The molecule has 0 aliphatic carbocycles. The zero-order valence-electron chi connectivity index (χ0n) is 9.49. The van der Waals surface area contributed by atoms with Gasteiger partial charge in [0.25, 0.3) is 0 Å². The molecule has 0 amide bonds. The Balaban J connectivity index is 2.66. The number of aliphatic carboxylic acids is 1. The molecule has 0 saturated heterocycles. The van der Waals surface area contributed by atoms with Crippen LogP contribution in [0.2, 0.25) is 0 Å². The average Bonchev–Trinajstić information content (AvgIpc) is 2.44. The van der Waals surface area contributed by atoms with Crippen LogP contribution in [0.1, 0.15) is 23.1 Å². The molecule has 0 bridgehead atoms. The van der Waals surface area contributed by atoms with Gasteiger partial charge in [0.05, 0.1) is 6.54 Å². The molecule has 0 saturated carbocycles. The molecule has 0 atom stereocenters. The first-order valence-corrected chi connectivity index (χ1v) is 6.82. The molecule has 90 valence electrons. The highest BCUT2D eigenvalue weighted by Crippen LogP contribution is 2.27. The van der Waals surface area contributed by atoms with Gasteiger partial charge in [-0.3, -0.25) is 9.69 Å². The van der Waals surface area contributed by atoms with Crippen LogP contribution in [0.15, 0.2) is 10.5 Å². The predicted molar refractivity (Wildman–Crippen MR) is 70.0 cm³/mol. The second kappa shape index (κ2) is 6.37. The summed E-state index contributed by atoms with van der Waals surface area (Å²) in [6, 6.07) is 2.07. The number of carboxylic acids is 1. The maximum absolute atomic E-state index is 10.7. The summed E-state index contributed by atoms with van der Waals surface area (Å²) < 4.78 is 1.08. The lowest BCUT2D eigenvalue weighted by Gasteiger charge is -2.18. The number of hydrogen-bond acceptors (Lipinski definition) is 3. The molecule has 0 unspecified atom stereocenters. The van der Waals surface area contributed by atoms with Gasteiger partial charge in [-0.1, -0.05) is 6.92 Å². The Kier molecular flexibility index (Phi) is 5.44. The Hall–Kier alpha value is -0.390. The number of thiophene rings is 1. The lowest BCUT2D eigenvalue weighted by atomic mass is 10.3. The zero-order chi connectivity index (χ0) is 12.1. The van der Waals surface area contributed by atoms with Crippen molar-refractivity contribution in [3.63, 3.8) is 0 Å². The van der Waals surface area contributed by atoms with Crippen molar-refractivity contribution in [2.45, 2.75) is 26.8 Å². The fourth-order valence-electron chi connectivity index (χ4n) is 1.56. The molecule has 1 N–H and O–H groups in total. The summed E-state index contributed by atoms with van der Waals surface area (Å²) in [7, 11) is 0. The van der Waals surface area contributed by atoms with Crippen molar-refractivity contribution in [2.75, 3.05) is 13.1 Å². The lowest BCUT2D eigenvalue weighted by Crippen LogP contribution is -2.29. The normalized spacial score (nSPS) is 11.0. The molecule has 0 radical (unpaired) electrons. The summed E-state index contributed by atoms with van der Waals surface area (Å²) in [6.45, 7) is 5.75. The molecule has 0 aliphatic rings. The summed E-state index contributed by atoms with van der Waals surface area (Å²) in [5.74, 6) is -0.766. The van der Waals surface area contributed by atoms with E-state index in [4.69, 9.17) is 5.11 Å². The fraction of sp³-hybridized carbons (Fsp3) is 0.545. The van der Waals surface area contributed by atoms with E-state index in [1.165, 1.54) is 9.75 Å². The van der Waals surface area contributed by atoms with Crippen molar-refractivity contribution in [1.82, 2.24) is 4.90 Å². The molecule has 1 aromatic heterocycles. The smallest absolute Gasteiger partial charge is 0.317 e. The maximum atomic E-state index is 10.7. The molecular weight excluding hydrogens is 290 g/mol. The summed E-state index contributed by atoms with van der Waals surface area (Å²) in [5.41, 5.74) is 0. The van der Waals surface area contributed by atoms with Gasteiger partial charge in [-0.2, -0.15) is 0 Å². The molecular formula is C11H16BrNO2S. The van der Waals surface area contributed by atoms with Gasteiger partial charge in [0.15, 0.2) is 0 Å².